The fourth-order valence-electron chi connectivity index (χ4n) is 3.06. The Hall–Kier alpha value is -3.08. The topological polar surface area (TPSA) is 75.3 Å². The van der Waals surface area contributed by atoms with Crippen molar-refractivity contribution in [1.82, 2.24) is 0 Å². The molecule has 1 amide bonds. The number of nitrogens with one attached hydrogen (secondary N) is 2. The number of benzene rings is 3. The third kappa shape index (κ3) is 5.13. The number of carbonyl (C=O) groups excluding carboxylic acids is 1. The van der Waals surface area contributed by atoms with Crippen molar-refractivity contribution >= 4 is 60.3 Å². The molecule has 1 aromatic heterocycles. The van der Waals surface area contributed by atoms with Gasteiger partial charge in [0.15, 0.2) is 0 Å². The van der Waals surface area contributed by atoms with E-state index in [-0.39, 0.29) is 20.5 Å². The average Bonchev–Trinajstić information content (AvgIpc) is 3.17. The van der Waals surface area contributed by atoms with Gasteiger partial charge in [0.05, 0.1) is 21.2 Å². The lowest BCUT2D eigenvalue weighted by atomic mass is 10.1. The molecule has 4 rings (SSSR count). The van der Waals surface area contributed by atoms with Gasteiger partial charge in [-0.15, -0.1) is 11.3 Å². The standard InChI is InChI=1S/C22H14ClF3N2O3S2/c23-17-6-1-2-7-20(17)33(30,31)28-16-5-3-4-15(12-16)27-21(29)19-11-13-10-14(22(24,25)26)8-9-18(13)32-19/h1-12,28H,(H,27,29). The summed E-state index contributed by atoms with van der Waals surface area (Å²) in [6.45, 7) is 0. The number of carbonyl (C=O) groups is 1. The second-order valence-electron chi connectivity index (χ2n) is 6.93. The highest BCUT2D eigenvalue weighted by atomic mass is 35.5. The Morgan fingerprint density at radius 3 is 2.36 bits per heavy atom. The smallest absolute Gasteiger partial charge is 0.321 e. The van der Waals surface area contributed by atoms with Gasteiger partial charge in [-0.2, -0.15) is 13.2 Å². The molecule has 0 aliphatic heterocycles. The van der Waals surface area contributed by atoms with Crippen LogP contribution in [0.15, 0.2) is 77.7 Å². The monoisotopic (exact) mass is 510 g/mol. The van der Waals surface area contributed by atoms with Crippen molar-refractivity contribution < 1.29 is 26.4 Å². The van der Waals surface area contributed by atoms with Gasteiger partial charge >= 0.3 is 6.18 Å². The third-order valence-electron chi connectivity index (χ3n) is 4.57. The Balaban J connectivity index is 1.54. The summed E-state index contributed by atoms with van der Waals surface area (Å²) in [6, 6.07) is 16.6. The van der Waals surface area contributed by atoms with E-state index in [1.54, 1.807) is 24.3 Å². The number of amides is 1. The minimum atomic E-state index is -4.48. The first-order valence-electron chi connectivity index (χ1n) is 9.32. The van der Waals surface area contributed by atoms with Gasteiger partial charge in [-0.3, -0.25) is 9.52 Å². The third-order valence-corrected chi connectivity index (χ3v) is 7.56. The number of sulfonamides is 1. The summed E-state index contributed by atoms with van der Waals surface area (Å²) < 4.78 is 66.9. The Kier molecular flexibility index (Phi) is 6.08. The van der Waals surface area contributed by atoms with Gasteiger partial charge in [-0.25, -0.2) is 8.42 Å². The normalized spacial score (nSPS) is 12.0. The number of fused-ring (bicyclic) bond motifs is 1. The van der Waals surface area contributed by atoms with Crippen LogP contribution in [0, 0.1) is 0 Å². The number of halogens is 4. The summed E-state index contributed by atoms with van der Waals surface area (Å²) in [4.78, 5) is 12.8. The van der Waals surface area contributed by atoms with E-state index in [9.17, 15) is 26.4 Å². The maximum absolute atomic E-state index is 12.9. The molecule has 5 nitrogen and oxygen atoms in total. The SMILES string of the molecule is O=C(Nc1cccc(NS(=O)(=O)c2ccccc2Cl)c1)c1cc2cc(C(F)(F)F)ccc2s1. The minimum absolute atomic E-state index is 0.0629. The number of anilines is 2. The zero-order valence-electron chi connectivity index (χ0n) is 16.5. The maximum atomic E-state index is 12.9. The largest absolute Gasteiger partial charge is 0.416 e. The second kappa shape index (κ2) is 8.69. The lowest BCUT2D eigenvalue weighted by Crippen LogP contribution is -2.14. The highest BCUT2D eigenvalue weighted by Gasteiger charge is 2.30. The van der Waals surface area contributed by atoms with E-state index in [1.165, 1.54) is 36.4 Å². The fraction of sp³-hybridized carbons (Fsp3) is 0.0455. The van der Waals surface area contributed by atoms with Crippen molar-refractivity contribution in [2.75, 3.05) is 10.0 Å². The molecule has 11 heteroatoms. The van der Waals surface area contributed by atoms with Gasteiger partial charge in [-0.05, 0) is 60.0 Å². The summed E-state index contributed by atoms with van der Waals surface area (Å²) in [5.41, 5.74) is -0.301. The average molecular weight is 511 g/mol. The van der Waals surface area contributed by atoms with Gasteiger partial charge in [0.2, 0.25) is 0 Å². The lowest BCUT2D eigenvalue weighted by Gasteiger charge is -2.11. The van der Waals surface area contributed by atoms with Crippen LogP contribution in [0.25, 0.3) is 10.1 Å². The van der Waals surface area contributed by atoms with Gasteiger partial charge in [0.1, 0.15) is 4.90 Å². The van der Waals surface area contributed by atoms with Crippen molar-refractivity contribution in [2.24, 2.45) is 0 Å². The molecule has 0 fully saturated rings. The molecule has 0 atom stereocenters. The molecule has 0 unspecified atom stereocenters. The van der Waals surface area contributed by atoms with Crippen LogP contribution in [0.2, 0.25) is 5.02 Å². The van der Waals surface area contributed by atoms with E-state index in [2.05, 4.69) is 10.0 Å². The Morgan fingerprint density at radius 1 is 0.909 bits per heavy atom. The van der Waals surface area contributed by atoms with Crippen LogP contribution in [0.1, 0.15) is 15.2 Å². The molecule has 0 saturated heterocycles. The number of rotatable bonds is 5. The van der Waals surface area contributed by atoms with E-state index < -0.39 is 27.7 Å². The first-order chi connectivity index (χ1) is 15.5. The fourth-order valence-corrected chi connectivity index (χ4v) is 5.57. The first-order valence-corrected chi connectivity index (χ1v) is 12.0. The second-order valence-corrected chi connectivity index (χ2v) is 10.1. The number of thiophene rings is 1. The quantitative estimate of drug-likeness (QED) is 0.316. The van der Waals surface area contributed by atoms with Crippen LogP contribution in [0.5, 0.6) is 0 Å². The molecule has 0 radical (unpaired) electrons. The van der Waals surface area contributed by atoms with Crippen molar-refractivity contribution in [3.05, 3.63) is 88.3 Å². The van der Waals surface area contributed by atoms with Crippen LogP contribution in [0.3, 0.4) is 0 Å². The maximum Gasteiger partial charge on any atom is 0.416 e. The van der Waals surface area contributed by atoms with Gasteiger partial charge in [0, 0.05) is 10.4 Å². The minimum Gasteiger partial charge on any atom is -0.321 e. The summed E-state index contributed by atoms with van der Waals surface area (Å²) in [6.07, 6.45) is -4.48. The molecular weight excluding hydrogens is 497 g/mol. The molecule has 0 bridgehead atoms. The highest BCUT2D eigenvalue weighted by Crippen LogP contribution is 2.34. The van der Waals surface area contributed by atoms with E-state index in [1.807, 2.05) is 0 Å². The van der Waals surface area contributed by atoms with Crippen molar-refractivity contribution in [1.29, 1.82) is 0 Å². The molecule has 4 aromatic rings. The number of hydrogen-bond donors (Lipinski definition) is 2. The Labute approximate surface area is 195 Å². The first kappa shape index (κ1) is 23.1. The van der Waals surface area contributed by atoms with Gasteiger partial charge < -0.3 is 5.32 Å². The van der Waals surface area contributed by atoms with Gasteiger partial charge in [0.25, 0.3) is 15.9 Å². The molecule has 2 N–H and O–H groups in total. The van der Waals surface area contributed by atoms with Gasteiger partial charge in [-0.1, -0.05) is 29.8 Å². The summed E-state index contributed by atoms with van der Waals surface area (Å²) >= 11 is 7.03. The van der Waals surface area contributed by atoms with Crippen LogP contribution in [0.4, 0.5) is 24.5 Å². The molecular formula is C22H14ClF3N2O3S2. The Bertz CT molecular complexity index is 1470. The molecule has 0 saturated carbocycles. The van der Waals surface area contributed by atoms with Crippen molar-refractivity contribution in [3.8, 4) is 0 Å². The number of hydrogen-bond acceptors (Lipinski definition) is 4. The van der Waals surface area contributed by atoms with Crippen LogP contribution in [-0.2, 0) is 16.2 Å². The zero-order valence-corrected chi connectivity index (χ0v) is 18.9. The predicted octanol–water partition coefficient (Wildman–Crippen LogP) is 6.63. The number of alkyl halides is 3. The zero-order chi connectivity index (χ0) is 23.8. The van der Waals surface area contributed by atoms with Crippen molar-refractivity contribution in [2.45, 2.75) is 11.1 Å². The van der Waals surface area contributed by atoms with E-state index in [4.69, 9.17) is 11.6 Å². The Morgan fingerprint density at radius 2 is 1.64 bits per heavy atom. The van der Waals surface area contributed by atoms with Crippen LogP contribution in [-0.4, -0.2) is 14.3 Å². The highest BCUT2D eigenvalue weighted by molar-refractivity contribution is 7.92. The molecule has 1 heterocycles. The molecule has 0 aliphatic rings. The molecule has 3 aromatic carbocycles. The summed E-state index contributed by atoms with van der Waals surface area (Å²) in [7, 11) is -3.96. The molecule has 33 heavy (non-hydrogen) atoms. The van der Waals surface area contributed by atoms with E-state index in [0.29, 0.717) is 15.8 Å². The van der Waals surface area contributed by atoms with E-state index >= 15 is 0 Å². The van der Waals surface area contributed by atoms with Crippen LogP contribution < -0.4 is 10.0 Å². The van der Waals surface area contributed by atoms with E-state index in [0.717, 1.165) is 23.5 Å². The van der Waals surface area contributed by atoms with Crippen molar-refractivity contribution in [3.63, 3.8) is 0 Å². The molecule has 0 aliphatic carbocycles. The summed E-state index contributed by atoms with van der Waals surface area (Å²) in [5.74, 6) is -0.532. The lowest BCUT2D eigenvalue weighted by molar-refractivity contribution is -0.137. The molecule has 170 valence electrons. The van der Waals surface area contributed by atoms with Crippen LogP contribution >= 0.6 is 22.9 Å². The molecule has 0 spiro atoms. The summed E-state index contributed by atoms with van der Waals surface area (Å²) in [5, 5.41) is 3.00. The predicted molar refractivity (Wildman–Crippen MR) is 123 cm³/mol.